The van der Waals surface area contributed by atoms with Crippen LogP contribution >= 0.6 is 0 Å². The largest absolute Gasteiger partial charge is 0.357 e. The quantitative estimate of drug-likeness (QED) is 0.847. The molecule has 0 aliphatic carbocycles. The molecule has 88 valence electrons. The molecule has 3 heteroatoms. The molecule has 16 heavy (non-hydrogen) atoms. The van der Waals surface area contributed by atoms with Crippen LogP contribution < -0.4 is 10.6 Å². The number of hydrogen-bond acceptors (Lipinski definition) is 3. The maximum atomic E-state index is 5.68. The molecule has 1 fully saturated rings. The van der Waals surface area contributed by atoms with Crippen LogP contribution in [0.3, 0.4) is 0 Å². The third-order valence-corrected chi connectivity index (χ3v) is 3.29. The Morgan fingerprint density at radius 1 is 1.31 bits per heavy atom. The van der Waals surface area contributed by atoms with Gasteiger partial charge in [-0.2, -0.15) is 0 Å². The lowest BCUT2D eigenvalue weighted by molar-refractivity contribution is 0.572. The summed E-state index contributed by atoms with van der Waals surface area (Å²) in [4.78, 5) is 7.10. The second-order valence-corrected chi connectivity index (χ2v) is 4.61. The summed E-state index contributed by atoms with van der Waals surface area (Å²) in [5, 5.41) is 0. The molecule has 0 spiro atoms. The molecule has 3 nitrogen and oxygen atoms in total. The molecule has 1 aromatic heterocycles. The van der Waals surface area contributed by atoms with Gasteiger partial charge in [0.05, 0.1) is 0 Å². The van der Waals surface area contributed by atoms with Gasteiger partial charge in [0, 0.05) is 31.2 Å². The van der Waals surface area contributed by atoms with Crippen molar-refractivity contribution in [2.75, 3.05) is 24.5 Å². The molecule has 1 saturated heterocycles. The van der Waals surface area contributed by atoms with Gasteiger partial charge in [-0.25, -0.2) is 4.98 Å². The molecular formula is C13H21N3. The van der Waals surface area contributed by atoms with Crippen molar-refractivity contribution >= 4 is 5.82 Å². The first-order valence-electron chi connectivity index (χ1n) is 6.23. The van der Waals surface area contributed by atoms with Crippen LogP contribution in [0.25, 0.3) is 0 Å². The van der Waals surface area contributed by atoms with Crippen molar-refractivity contribution in [3.63, 3.8) is 0 Å². The monoisotopic (exact) mass is 219 g/mol. The summed E-state index contributed by atoms with van der Waals surface area (Å²) in [7, 11) is 0. The van der Waals surface area contributed by atoms with Crippen LogP contribution in [0.2, 0.25) is 0 Å². The van der Waals surface area contributed by atoms with Gasteiger partial charge in [0.15, 0.2) is 0 Å². The third-order valence-electron chi connectivity index (χ3n) is 3.29. The third kappa shape index (κ3) is 2.53. The molecule has 0 saturated carbocycles. The van der Waals surface area contributed by atoms with E-state index in [1.165, 1.54) is 19.3 Å². The highest BCUT2D eigenvalue weighted by molar-refractivity contribution is 5.40. The zero-order valence-electron chi connectivity index (χ0n) is 10.0. The van der Waals surface area contributed by atoms with E-state index < -0.39 is 0 Å². The van der Waals surface area contributed by atoms with Gasteiger partial charge in [0.2, 0.25) is 0 Å². The van der Waals surface area contributed by atoms with E-state index in [9.17, 15) is 0 Å². The Morgan fingerprint density at radius 3 is 2.75 bits per heavy atom. The lowest BCUT2D eigenvalue weighted by atomic mass is 10.1. The summed E-state index contributed by atoms with van der Waals surface area (Å²) >= 11 is 0. The van der Waals surface area contributed by atoms with Crippen molar-refractivity contribution in [2.24, 2.45) is 5.73 Å². The van der Waals surface area contributed by atoms with E-state index in [-0.39, 0.29) is 0 Å². The minimum absolute atomic E-state index is 0.352. The van der Waals surface area contributed by atoms with Crippen LogP contribution in [0.15, 0.2) is 18.2 Å². The van der Waals surface area contributed by atoms with Gasteiger partial charge < -0.3 is 10.6 Å². The smallest absolute Gasteiger partial charge is 0.128 e. The van der Waals surface area contributed by atoms with E-state index in [1.807, 2.05) is 0 Å². The standard InChI is InChI=1S/C13H21N3/c1-11(10-14)12-6-5-7-13(15-12)16-8-3-2-4-9-16/h5-7,11H,2-4,8-10,14H2,1H3. The normalized spacial score (nSPS) is 18.5. The van der Waals surface area contributed by atoms with Crippen LogP contribution in [-0.4, -0.2) is 24.6 Å². The SMILES string of the molecule is CC(CN)c1cccc(N2CCCCC2)n1. The number of rotatable bonds is 3. The molecule has 1 atom stereocenters. The Kier molecular flexibility index (Phi) is 3.78. The predicted octanol–water partition coefficient (Wildman–Crippen LogP) is 2.13. The molecule has 0 bridgehead atoms. The summed E-state index contributed by atoms with van der Waals surface area (Å²) in [6.45, 7) is 5.08. The van der Waals surface area contributed by atoms with Gasteiger partial charge in [0.1, 0.15) is 5.82 Å². The maximum absolute atomic E-state index is 5.68. The average Bonchev–Trinajstić information content (AvgIpc) is 2.39. The number of anilines is 1. The fourth-order valence-electron chi connectivity index (χ4n) is 2.13. The van der Waals surface area contributed by atoms with Gasteiger partial charge >= 0.3 is 0 Å². The van der Waals surface area contributed by atoms with Crippen molar-refractivity contribution in [1.82, 2.24) is 4.98 Å². The van der Waals surface area contributed by atoms with E-state index >= 15 is 0 Å². The molecule has 2 rings (SSSR count). The Hall–Kier alpha value is -1.09. The van der Waals surface area contributed by atoms with Gasteiger partial charge in [-0.05, 0) is 31.4 Å². The van der Waals surface area contributed by atoms with Crippen LogP contribution in [-0.2, 0) is 0 Å². The number of hydrogen-bond donors (Lipinski definition) is 1. The summed E-state index contributed by atoms with van der Waals surface area (Å²) in [5.41, 5.74) is 6.80. The molecule has 1 aliphatic heterocycles. The Morgan fingerprint density at radius 2 is 2.06 bits per heavy atom. The van der Waals surface area contributed by atoms with Crippen molar-refractivity contribution < 1.29 is 0 Å². The fraction of sp³-hybridized carbons (Fsp3) is 0.615. The van der Waals surface area contributed by atoms with E-state index in [0.29, 0.717) is 12.5 Å². The highest BCUT2D eigenvalue weighted by atomic mass is 15.2. The molecule has 0 amide bonds. The number of piperidine rings is 1. The van der Waals surface area contributed by atoms with Crippen LogP contribution in [0.5, 0.6) is 0 Å². The lowest BCUT2D eigenvalue weighted by Gasteiger charge is -2.28. The van der Waals surface area contributed by atoms with E-state index in [2.05, 4.69) is 30.0 Å². The van der Waals surface area contributed by atoms with Crippen LogP contribution in [0.1, 0.15) is 37.8 Å². The first-order chi connectivity index (χ1) is 7.81. The van der Waals surface area contributed by atoms with Crippen molar-refractivity contribution in [1.29, 1.82) is 0 Å². The Bertz CT molecular complexity index is 332. The lowest BCUT2D eigenvalue weighted by Crippen LogP contribution is -2.30. The molecule has 2 N–H and O–H groups in total. The number of nitrogens with two attached hydrogens (primary N) is 1. The average molecular weight is 219 g/mol. The summed E-state index contributed by atoms with van der Waals surface area (Å²) < 4.78 is 0. The zero-order valence-corrected chi connectivity index (χ0v) is 10.0. The van der Waals surface area contributed by atoms with Gasteiger partial charge in [-0.15, -0.1) is 0 Å². The minimum Gasteiger partial charge on any atom is -0.357 e. The van der Waals surface area contributed by atoms with Crippen LogP contribution in [0.4, 0.5) is 5.82 Å². The molecular weight excluding hydrogens is 198 g/mol. The van der Waals surface area contributed by atoms with Crippen molar-refractivity contribution in [3.8, 4) is 0 Å². The summed E-state index contributed by atoms with van der Waals surface area (Å²) in [5.74, 6) is 1.47. The number of nitrogens with zero attached hydrogens (tertiary/aromatic N) is 2. The van der Waals surface area contributed by atoms with E-state index in [1.54, 1.807) is 0 Å². The second-order valence-electron chi connectivity index (χ2n) is 4.61. The molecule has 1 unspecified atom stereocenters. The number of pyridine rings is 1. The number of aromatic nitrogens is 1. The van der Waals surface area contributed by atoms with Crippen LogP contribution in [0, 0.1) is 0 Å². The highest BCUT2D eigenvalue weighted by Crippen LogP contribution is 2.20. The molecule has 1 aliphatic rings. The summed E-state index contributed by atoms with van der Waals surface area (Å²) in [6, 6.07) is 6.28. The van der Waals surface area contributed by atoms with Crippen molar-refractivity contribution in [3.05, 3.63) is 23.9 Å². The van der Waals surface area contributed by atoms with E-state index in [4.69, 9.17) is 10.7 Å². The fourth-order valence-corrected chi connectivity index (χ4v) is 2.13. The van der Waals surface area contributed by atoms with Gasteiger partial charge in [0.25, 0.3) is 0 Å². The molecule has 2 heterocycles. The summed E-state index contributed by atoms with van der Waals surface area (Å²) in [6.07, 6.45) is 3.94. The maximum Gasteiger partial charge on any atom is 0.128 e. The Balaban J connectivity index is 2.14. The minimum atomic E-state index is 0.352. The van der Waals surface area contributed by atoms with Gasteiger partial charge in [-0.3, -0.25) is 0 Å². The van der Waals surface area contributed by atoms with Gasteiger partial charge in [-0.1, -0.05) is 13.0 Å². The molecule has 0 radical (unpaired) electrons. The zero-order chi connectivity index (χ0) is 11.4. The topological polar surface area (TPSA) is 42.1 Å². The molecule has 0 aromatic carbocycles. The first kappa shape index (κ1) is 11.4. The predicted molar refractivity (Wildman–Crippen MR) is 67.8 cm³/mol. The van der Waals surface area contributed by atoms with Crippen molar-refractivity contribution in [2.45, 2.75) is 32.1 Å². The second kappa shape index (κ2) is 5.30. The molecule has 1 aromatic rings. The first-order valence-corrected chi connectivity index (χ1v) is 6.23. The van der Waals surface area contributed by atoms with E-state index in [0.717, 1.165) is 24.6 Å². The Labute approximate surface area is 97.7 Å². The highest BCUT2D eigenvalue weighted by Gasteiger charge is 2.13.